The van der Waals surface area contributed by atoms with E-state index in [1.165, 1.54) is 0 Å². The number of nitrogens with zero attached hydrogens (tertiary/aromatic N) is 1. The van der Waals surface area contributed by atoms with Crippen LogP contribution in [0.3, 0.4) is 0 Å². The number of aromatic nitrogens is 1. The number of hydrogen-bond acceptors (Lipinski definition) is 2. The van der Waals surface area contributed by atoms with Gasteiger partial charge in [0.05, 0.1) is 6.61 Å². The minimum atomic E-state index is 0. The zero-order chi connectivity index (χ0) is 7.23. The maximum Gasteiger partial charge on any atom is 1.00 e. The molecule has 0 fully saturated rings. The molecular formula is C8H10LiNO. The maximum atomic E-state index is 5.18. The third-order valence-corrected chi connectivity index (χ3v) is 1.03. The minimum absolute atomic E-state index is 0. The third-order valence-electron chi connectivity index (χ3n) is 1.03. The molecule has 0 aliphatic carbocycles. The van der Waals surface area contributed by atoms with Crippen LogP contribution in [0.2, 0.25) is 0 Å². The first kappa shape index (κ1) is 10.5. The van der Waals surface area contributed by atoms with E-state index in [-0.39, 0.29) is 18.9 Å². The summed E-state index contributed by atoms with van der Waals surface area (Å²) >= 11 is 0. The van der Waals surface area contributed by atoms with Gasteiger partial charge in [-0.15, -0.1) is 6.42 Å². The first-order valence-electron chi connectivity index (χ1n) is 3.26. The summed E-state index contributed by atoms with van der Waals surface area (Å²) in [5.41, 5.74) is 0. The van der Waals surface area contributed by atoms with Gasteiger partial charge in [0.1, 0.15) is 0 Å². The molecule has 1 rings (SSSR count). The van der Waals surface area contributed by atoms with Crippen LogP contribution < -0.4 is 23.6 Å². The molecule has 1 aromatic heterocycles. The van der Waals surface area contributed by atoms with Gasteiger partial charge >= 0.3 is 18.9 Å². The first-order chi connectivity index (χ1) is 4.93. The topological polar surface area (TPSA) is 22.1 Å². The first-order valence-corrected chi connectivity index (χ1v) is 3.26. The summed E-state index contributed by atoms with van der Waals surface area (Å²) in [7, 11) is 0. The second kappa shape index (κ2) is 6.27. The van der Waals surface area contributed by atoms with Gasteiger partial charge < -0.3 is 11.7 Å². The van der Waals surface area contributed by atoms with Crippen LogP contribution in [0.5, 0.6) is 5.88 Å². The van der Waals surface area contributed by atoms with Crippen LogP contribution in [0.1, 0.15) is 6.42 Å². The van der Waals surface area contributed by atoms with Crippen molar-refractivity contribution in [2.75, 3.05) is 6.61 Å². The molecule has 0 saturated heterocycles. The van der Waals surface area contributed by atoms with Crippen molar-refractivity contribution in [3.8, 4) is 5.88 Å². The Hall–Kier alpha value is -0.453. The van der Waals surface area contributed by atoms with E-state index in [1.54, 1.807) is 6.20 Å². The Balaban J connectivity index is 0.000001000. The van der Waals surface area contributed by atoms with Crippen molar-refractivity contribution in [1.82, 2.24) is 4.98 Å². The van der Waals surface area contributed by atoms with Gasteiger partial charge in [0.15, 0.2) is 0 Å². The van der Waals surface area contributed by atoms with Crippen LogP contribution >= 0.6 is 0 Å². The number of ether oxygens (including phenoxy) is 1. The number of hydrogen-bond donors (Lipinski definition) is 0. The van der Waals surface area contributed by atoms with E-state index in [4.69, 9.17) is 4.74 Å². The summed E-state index contributed by atoms with van der Waals surface area (Å²) in [5.74, 6) is 0.672. The van der Waals surface area contributed by atoms with Crippen molar-refractivity contribution in [3.05, 3.63) is 31.3 Å². The molecule has 0 bridgehead atoms. The van der Waals surface area contributed by atoms with Gasteiger partial charge in [0, 0.05) is 12.3 Å². The summed E-state index contributed by atoms with van der Waals surface area (Å²) in [6.07, 6.45) is 2.48. The second-order valence-electron chi connectivity index (χ2n) is 1.87. The number of rotatable bonds is 3. The quantitative estimate of drug-likeness (QED) is 0.387. The molecular weight excluding hydrogens is 133 g/mol. The number of pyridine rings is 1. The van der Waals surface area contributed by atoms with Gasteiger partial charge in [-0.3, -0.25) is 0 Å². The molecule has 0 aliphatic rings. The second-order valence-corrected chi connectivity index (χ2v) is 1.87. The predicted molar refractivity (Wildman–Crippen MR) is 39.7 cm³/mol. The Morgan fingerprint density at radius 3 is 2.82 bits per heavy atom. The standard InChI is InChI=1S/C8H10NO.Li/c1-2-7-10-8-5-3-4-6-9-8;/h3-6H,1-2,7H2;/q-1;+1. The largest absolute Gasteiger partial charge is 1.00 e. The van der Waals surface area contributed by atoms with E-state index in [1.807, 2.05) is 18.2 Å². The van der Waals surface area contributed by atoms with Gasteiger partial charge in [0.25, 0.3) is 0 Å². The normalized spacial score (nSPS) is 8.45. The van der Waals surface area contributed by atoms with Crippen molar-refractivity contribution in [2.24, 2.45) is 0 Å². The summed E-state index contributed by atoms with van der Waals surface area (Å²) in [4.78, 5) is 3.97. The molecule has 0 aliphatic heterocycles. The molecule has 0 radical (unpaired) electrons. The van der Waals surface area contributed by atoms with Crippen molar-refractivity contribution in [1.29, 1.82) is 0 Å². The van der Waals surface area contributed by atoms with Gasteiger partial charge in [-0.05, 0) is 6.07 Å². The van der Waals surface area contributed by atoms with E-state index < -0.39 is 0 Å². The monoisotopic (exact) mass is 143 g/mol. The fourth-order valence-corrected chi connectivity index (χ4v) is 0.609. The van der Waals surface area contributed by atoms with Crippen molar-refractivity contribution < 1.29 is 23.6 Å². The Morgan fingerprint density at radius 2 is 2.27 bits per heavy atom. The molecule has 54 valence electrons. The van der Waals surface area contributed by atoms with E-state index >= 15 is 0 Å². The van der Waals surface area contributed by atoms with Gasteiger partial charge in [-0.2, -0.15) is 0 Å². The minimum Gasteiger partial charge on any atom is -0.480 e. The molecule has 0 aromatic carbocycles. The molecule has 2 nitrogen and oxygen atoms in total. The smallest absolute Gasteiger partial charge is 0.480 e. The molecule has 3 heteroatoms. The molecule has 0 unspecified atom stereocenters. The zero-order valence-electron chi connectivity index (χ0n) is 6.79. The van der Waals surface area contributed by atoms with E-state index in [2.05, 4.69) is 11.9 Å². The Morgan fingerprint density at radius 1 is 1.45 bits per heavy atom. The van der Waals surface area contributed by atoms with Gasteiger partial charge in [0.2, 0.25) is 5.88 Å². The molecule has 0 spiro atoms. The molecule has 0 atom stereocenters. The fourth-order valence-electron chi connectivity index (χ4n) is 0.609. The van der Waals surface area contributed by atoms with Crippen LogP contribution in [0, 0.1) is 6.92 Å². The maximum absolute atomic E-state index is 5.18. The average molecular weight is 143 g/mol. The van der Waals surface area contributed by atoms with Crippen molar-refractivity contribution in [2.45, 2.75) is 6.42 Å². The van der Waals surface area contributed by atoms with Crippen molar-refractivity contribution >= 4 is 0 Å². The molecule has 0 N–H and O–H groups in total. The Bertz CT molecular complexity index is 179. The molecule has 1 aromatic rings. The van der Waals surface area contributed by atoms with Crippen LogP contribution in [0.15, 0.2) is 24.4 Å². The average Bonchev–Trinajstić information content (AvgIpc) is 2.03. The summed E-state index contributed by atoms with van der Waals surface area (Å²) < 4.78 is 5.18. The van der Waals surface area contributed by atoms with Crippen LogP contribution in [-0.2, 0) is 0 Å². The molecule has 1 heterocycles. The molecule has 0 saturated carbocycles. The summed E-state index contributed by atoms with van der Waals surface area (Å²) in [5, 5.41) is 0. The van der Waals surface area contributed by atoms with Gasteiger partial charge in [-0.25, -0.2) is 4.98 Å². The van der Waals surface area contributed by atoms with Crippen LogP contribution in [0.25, 0.3) is 0 Å². The predicted octanol–water partition coefficient (Wildman–Crippen LogP) is -1.31. The molecule has 0 amide bonds. The fraction of sp³-hybridized carbons (Fsp3) is 0.250. The summed E-state index contributed by atoms with van der Waals surface area (Å²) in [6.45, 7) is 4.28. The van der Waals surface area contributed by atoms with Gasteiger partial charge in [-0.1, -0.05) is 6.07 Å². The van der Waals surface area contributed by atoms with Crippen LogP contribution in [0.4, 0.5) is 0 Å². The van der Waals surface area contributed by atoms with E-state index in [0.29, 0.717) is 12.5 Å². The SMILES string of the molecule is [CH2-]CCOc1ccccn1.[Li+]. The summed E-state index contributed by atoms with van der Waals surface area (Å²) in [6, 6.07) is 5.58. The van der Waals surface area contributed by atoms with Crippen LogP contribution in [-0.4, -0.2) is 11.6 Å². The Kier molecular flexibility index (Phi) is 6.01. The van der Waals surface area contributed by atoms with E-state index in [9.17, 15) is 0 Å². The van der Waals surface area contributed by atoms with E-state index in [0.717, 1.165) is 6.42 Å². The zero-order valence-corrected chi connectivity index (χ0v) is 6.79. The Labute approximate surface area is 79.2 Å². The third kappa shape index (κ3) is 4.08. The molecule has 11 heavy (non-hydrogen) atoms. The van der Waals surface area contributed by atoms with Crippen molar-refractivity contribution in [3.63, 3.8) is 0 Å².